The molecule has 1 heterocycles. The number of nitrogens with one attached hydrogen (secondary N) is 1. The van der Waals surface area contributed by atoms with Gasteiger partial charge in [0.05, 0.1) is 17.5 Å². The molecule has 0 bridgehead atoms. The Morgan fingerprint density at radius 1 is 1.19 bits per heavy atom. The standard InChI is InChI=1S/C21H22N2O4/c1-13-8-9-17(11-18(13)21(26)27)22-20(25)16-10-19(24)23(12-16)14(2)15-6-4-3-5-7-15/h3-9,11,14,16H,10,12H2,1-2H3,(H,22,25)(H,26,27)/t14-,16-/m0/s1. The van der Waals surface area contributed by atoms with E-state index in [-0.39, 0.29) is 29.8 Å². The number of benzene rings is 2. The molecule has 1 fully saturated rings. The minimum absolute atomic E-state index is 0.0540. The van der Waals surface area contributed by atoms with Crippen molar-refractivity contribution in [3.05, 3.63) is 65.2 Å². The summed E-state index contributed by atoms with van der Waals surface area (Å²) in [6.45, 7) is 4.00. The summed E-state index contributed by atoms with van der Waals surface area (Å²) in [4.78, 5) is 38.0. The molecule has 1 aliphatic heterocycles. The van der Waals surface area contributed by atoms with Crippen molar-refractivity contribution in [1.82, 2.24) is 4.90 Å². The number of carbonyl (C=O) groups is 3. The lowest BCUT2D eigenvalue weighted by Gasteiger charge is -2.25. The number of carbonyl (C=O) groups excluding carboxylic acids is 2. The summed E-state index contributed by atoms with van der Waals surface area (Å²) in [5, 5.41) is 12.0. The van der Waals surface area contributed by atoms with Gasteiger partial charge in [-0.05, 0) is 37.1 Å². The summed E-state index contributed by atoms with van der Waals surface area (Å²) in [5.74, 6) is -1.83. The minimum atomic E-state index is -1.04. The quantitative estimate of drug-likeness (QED) is 0.850. The largest absolute Gasteiger partial charge is 0.478 e. The van der Waals surface area contributed by atoms with Crippen LogP contribution in [0.15, 0.2) is 48.5 Å². The average molecular weight is 366 g/mol. The van der Waals surface area contributed by atoms with Gasteiger partial charge in [-0.25, -0.2) is 4.79 Å². The molecule has 1 aliphatic rings. The molecule has 0 aromatic heterocycles. The number of rotatable bonds is 5. The molecule has 0 aliphatic carbocycles. The van der Waals surface area contributed by atoms with E-state index in [4.69, 9.17) is 0 Å². The number of carboxylic acid groups (broad SMARTS) is 1. The fraction of sp³-hybridized carbons (Fsp3) is 0.286. The van der Waals surface area contributed by atoms with E-state index in [1.165, 1.54) is 6.07 Å². The Labute approximate surface area is 157 Å². The number of carboxylic acids is 1. The normalized spacial score (nSPS) is 17.6. The van der Waals surface area contributed by atoms with Crippen LogP contribution in [-0.2, 0) is 9.59 Å². The molecule has 140 valence electrons. The van der Waals surface area contributed by atoms with Gasteiger partial charge in [0.25, 0.3) is 0 Å². The molecule has 27 heavy (non-hydrogen) atoms. The van der Waals surface area contributed by atoms with Crippen molar-refractivity contribution in [2.24, 2.45) is 5.92 Å². The molecule has 0 saturated carbocycles. The minimum Gasteiger partial charge on any atom is -0.478 e. The first kappa shape index (κ1) is 18.6. The van der Waals surface area contributed by atoms with E-state index < -0.39 is 11.9 Å². The maximum atomic E-state index is 12.6. The highest BCUT2D eigenvalue weighted by atomic mass is 16.4. The van der Waals surface area contributed by atoms with Gasteiger partial charge in [0, 0.05) is 18.7 Å². The Kier molecular flexibility index (Phi) is 5.26. The summed E-state index contributed by atoms with van der Waals surface area (Å²) in [6.07, 6.45) is 0.153. The van der Waals surface area contributed by atoms with E-state index in [1.807, 2.05) is 37.3 Å². The summed E-state index contributed by atoms with van der Waals surface area (Å²) in [5.41, 5.74) is 2.22. The maximum Gasteiger partial charge on any atom is 0.336 e. The first-order valence-electron chi connectivity index (χ1n) is 8.86. The van der Waals surface area contributed by atoms with Gasteiger partial charge >= 0.3 is 5.97 Å². The molecule has 0 radical (unpaired) electrons. The summed E-state index contributed by atoms with van der Waals surface area (Å²) < 4.78 is 0. The van der Waals surface area contributed by atoms with Gasteiger partial charge in [0.1, 0.15) is 0 Å². The highest BCUT2D eigenvalue weighted by Crippen LogP contribution is 2.29. The van der Waals surface area contributed by atoms with Crippen molar-refractivity contribution >= 4 is 23.5 Å². The summed E-state index contributed by atoms with van der Waals surface area (Å²) in [7, 11) is 0. The summed E-state index contributed by atoms with van der Waals surface area (Å²) >= 11 is 0. The molecule has 3 rings (SSSR count). The fourth-order valence-corrected chi connectivity index (χ4v) is 3.37. The first-order chi connectivity index (χ1) is 12.9. The Balaban J connectivity index is 1.69. The molecule has 1 saturated heterocycles. The second-order valence-electron chi connectivity index (χ2n) is 6.86. The van der Waals surface area contributed by atoms with E-state index in [9.17, 15) is 19.5 Å². The van der Waals surface area contributed by atoms with E-state index >= 15 is 0 Å². The third-order valence-electron chi connectivity index (χ3n) is 5.01. The van der Waals surface area contributed by atoms with Crippen LogP contribution in [0.4, 0.5) is 5.69 Å². The topological polar surface area (TPSA) is 86.7 Å². The Morgan fingerprint density at radius 3 is 2.56 bits per heavy atom. The second kappa shape index (κ2) is 7.61. The van der Waals surface area contributed by atoms with Crippen LogP contribution in [0.5, 0.6) is 0 Å². The van der Waals surface area contributed by atoms with Crippen LogP contribution in [0, 0.1) is 12.8 Å². The molecule has 0 spiro atoms. The number of aryl methyl sites for hydroxylation is 1. The Morgan fingerprint density at radius 2 is 1.89 bits per heavy atom. The zero-order valence-corrected chi connectivity index (χ0v) is 15.3. The van der Waals surface area contributed by atoms with Crippen LogP contribution in [0.1, 0.15) is 40.9 Å². The molecule has 2 aromatic carbocycles. The van der Waals surface area contributed by atoms with Crippen molar-refractivity contribution < 1.29 is 19.5 Å². The molecule has 6 heteroatoms. The van der Waals surface area contributed by atoms with Crippen LogP contribution < -0.4 is 5.32 Å². The smallest absolute Gasteiger partial charge is 0.336 e. The predicted molar refractivity (Wildman–Crippen MR) is 101 cm³/mol. The molecule has 2 amide bonds. The van der Waals surface area contributed by atoms with Crippen LogP contribution in [-0.4, -0.2) is 34.3 Å². The Hall–Kier alpha value is -3.15. The van der Waals surface area contributed by atoms with Gasteiger partial charge in [0.15, 0.2) is 0 Å². The zero-order valence-electron chi connectivity index (χ0n) is 15.3. The fourth-order valence-electron chi connectivity index (χ4n) is 3.37. The van der Waals surface area contributed by atoms with E-state index in [0.717, 1.165) is 5.56 Å². The van der Waals surface area contributed by atoms with Gasteiger partial charge in [-0.2, -0.15) is 0 Å². The number of aromatic carboxylic acids is 1. The van der Waals surface area contributed by atoms with Crippen LogP contribution in [0.25, 0.3) is 0 Å². The van der Waals surface area contributed by atoms with E-state index in [2.05, 4.69) is 5.32 Å². The zero-order chi connectivity index (χ0) is 19.6. The molecule has 6 nitrogen and oxygen atoms in total. The number of hydrogen-bond donors (Lipinski definition) is 2. The number of nitrogens with zero attached hydrogens (tertiary/aromatic N) is 1. The lowest BCUT2D eigenvalue weighted by molar-refractivity contribution is -0.129. The highest BCUT2D eigenvalue weighted by Gasteiger charge is 2.37. The lowest BCUT2D eigenvalue weighted by Crippen LogP contribution is -2.30. The van der Waals surface area contributed by atoms with Crippen molar-refractivity contribution in [3.63, 3.8) is 0 Å². The maximum absolute atomic E-state index is 12.6. The molecule has 0 unspecified atom stereocenters. The average Bonchev–Trinajstić information content (AvgIpc) is 3.05. The van der Waals surface area contributed by atoms with Crippen molar-refractivity contribution in [2.45, 2.75) is 26.3 Å². The number of anilines is 1. The molecule has 2 N–H and O–H groups in total. The third-order valence-corrected chi connectivity index (χ3v) is 5.01. The van der Waals surface area contributed by atoms with E-state index in [1.54, 1.807) is 24.0 Å². The molecule has 2 aromatic rings. The number of amides is 2. The van der Waals surface area contributed by atoms with E-state index in [0.29, 0.717) is 17.8 Å². The molecular formula is C21H22N2O4. The predicted octanol–water partition coefficient (Wildman–Crippen LogP) is 3.24. The number of hydrogen-bond acceptors (Lipinski definition) is 3. The molecule has 2 atom stereocenters. The Bertz CT molecular complexity index is 879. The van der Waals surface area contributed by atoms with Crippen LogP contribution in [0.2, 0.25) is 0 Å². The SMILES string of the molecule is Cc1ccc(NC(=O)[C@H]2CC(=O)N([C@@H](C)c3ccccc3)C2)cc1C(=O)O. The lowest BCUT2D eigenvalue weighted by atomic mass is 10.1. The number of likely N-dealkylation sites (tertiary alicyclic amines) is 1. The monoisotopic (exact) mass is 366 g/mol. The summed E-state index contributed by atoms with van der Waals surface area (Å²) in [6, 6.07) is 14.4. The second-order valence-corrected chi connectivity index (χ2v) is 6.86. The van der Waals surface area contributed by atoms with Crippen molar-refractivity contribution in [2.75, 3.05) is 11.9 Å². The van der Waals surface area contributed by atoms with Gasteiger partial charge < -0.3 is 15.3 Å². The van der Waals surface area contributed by atoms with Gasteiger partial charge in [0.2, 0.25) is 11.8 Å². The van der Waals surface area contributed by atoms with Gasteiger partial charge in [-0.3, -0.25) is 9.59 Å². The van der Waals surface area contributed by atoms with Crippen LogP contribution >= 0.6 is 0 Å². The highest BCUT2D eigenvalue weighted by molar-refractivity contribution is 5.98. The molecular weight excluding hydrogens is 344 g/mol. The van der Waals surface area contributed by atoms with Crippen molar-refractivity contribution in [1.29, 1.82) is 0 Å². The van der Waals surface area contributed by atoms with Gasteiger partial charge in [-0.1, -0.05) is 36.4 Å². The van der Waals surface area contributed by atoms with Crippen molar-refractivity contribution in [3.8, 4) is 0 Å². The van der Waals surface area contributed by atoms with Gasteiger partial charge in [-0.15, -0.1) is 0 Å². The first-order valence-corrected chi connectivity index (χ1v) is 8.86. The third kappa shape index (κ3) is 4.00. The van der Waals surface area contributed by atoms with Crippen LogP contribution in [0.3, 0.4) is 0 Å².